The molecule has 2 N–H and O–H groups in total. The first kappa shape index (κ1) is 16.4. The lowest BCUT2D eigenvalue weighted by Gasteiger charge is -2.26. The van der Waals surface area contributed by atoms with Gasteiger partial charge in [0.15, 0.2) is 5.13 Å². The minimum atomic E-state index is -0.153. The van der Waals surface area contributed by atoms with Gasteiger partial charge >= 0.3 is 6.03 Å². The molecule has 24 heavy (non-hydrogen) atoms. The van der Waals surface area contributed by atoms with Crippen molar-refractivity contribution in [3.8, 4) is 11.3 Å². The Morgan fingerprint density at radius 2 is 1.88 bits per heavy atom. The van der Waals surface area contributed by atoms with Crippen LogP contribution in [0.25, 0.3) is 11.3 Å². The quantitative estimate of drug-likeness (QED) is 0.895. The molecule has 1 aliphatic heterocycles. The maximum Gasteiger partial charge on any atom is 0.323 e. The van der Waals surface area contributed by atoms with E-state index in [1.165, 1.54) is 18.3 Å². The topological polar surface area (TPSA) is 83.6 Å². The van der Waals surface area contributed by atoms with Crippen LogP contribution in [0.15, 0.2) is 29.6 Å². The molecule has 0 saturated carbocycles. The van der Waals surface area contributed by atoms with Crippen LogP contribution in [0.1, 0.15) is 6.92 Å². The highest BCUT2D eigenvalue weighted by atomic mass is 32.1. The number of benzene rings is 1. The molecule has 1 saturated heterocycles. The Morgan fingerprint density at radius 1 is 1.17 bits per heavy atom. The first-order chi connectivity index (χ1) is 11.6. The summed E-state index contributed by atoms with van der Waals surface area (Å²) in [5.74, 6) is -0.107. The van der Waals surface area contributed by atoms with Crippen LogP contribution in [-0.4, -0.2) is 48.1 Å². The number of hydrogen-bond donors (Lipinski definition) is 2. The standard InChI is InChI=1S/C16H18N4O3S/c1-11(21)17-13-4-2-12(3-5-13)14-10-24-15(18-14)19-16(22)20-6-8-23-9-7-20/h2-5,10H,6-9H2,1H3,(H,17,21)(H,18,19,22). The Balaban J connectivity index is 1.64. The lowest BCUT2D eigenvalue weighted by atomic mass is 10.1. The van der Waals surface area contributed by atoms with E-state index in [2.05, 4.69) is 15.6 Å². The van der Waals surface area contributed by atoms with Gasteiger partial charge in [-0.25, -0.2) is 9.78 Å². The number of aromatic nitrogens is 1. The van der Waals surface area contributed by atoms with Crippen molar-refractivity contribution < 1.29 is 14.3 Å². The van der Waals surface area contributed by atoms with E-state index in [-0.39, 0.29) is 11.9 Å². The van der Waals surface area contributed by atoms with E-state index in [1.54, 1.807) is 4.90 Å². The van der Waals surface area contributed by atoms with Gasteiger partial charge in [-0.2, -0.15) is 0 Å². The number of amides is 3. The van der Waals surface area contributed by atoms with Crippen molar-refractivity contribution in [1.29, 1.82) is 0 Å². The molecule has 2 heterocycles. The molecule has 7 nitrogen and oxygen atoms in total. The van der Waals surface area contributed by atoms with Gasteiger partial charge in [-0.15, -0.1) is 11.3 Å². The van der Waals surface area contributed by atoms with Gasteiger partial charge in [0, 0.05) is 36.6 Å². The van der Waals surface area contributed by atoms with Crippen LogP contribution < -0.4 is 10.6 Å². The summed E-state index contributed by atoms with van der Waals surface area (Å²) in [5.41, 5.74) is 2.45. The van der Waals surface area contributed by atoms with Gasteiger partial charge in [-0.1, -0.05) is 12.1 Å². The lowest BCUT2D eigenvalue weighted by molar-refractivity contribution is -0.114. The maximum atomic E-state index is 12.1. The van der Waals surface area contributed by atoms with Crippen LogP contribution in [-0.2, 0) is 9.53 Å². The number of nitrogens with zero attached hydrogens (tertiary/aromatic N) is 2. The maximum absolute atomic E-state index is 12.1. The minimum Gasteiger partial charge on any atom is -0.378 e. The van der Waals surface area contributed by atoms with E-state index in [4.69, 9.17) is 4.74 Å². The van der Waals surface area contributed by atoms with Gasteiger partial charge < -0.3 is 15.0 Å². The number of carbonyl (C=O) groups is 2. The molecule has 0 bridgehead atoms. The summed E-state index contributed by atoms with van der Waals surface area (Å²) in [6.07, 6.45) is 0. The average molecular weight is 346 g/mol. The molecule has 3 amide bonds. The Bertz CT molecular complexity index is 723. The zero-order chi connectivity index (χ0) is 16.9. The van der Waals surface area contributed by atoms with Crippen molar-refractivity contribution in [3.63, 3.8) is 0 Å². The fourth-order valence-corrected chi connectivity index (χ4v) is 3.04. The van der Waals surface area contributed by atoms with Gasteiger partial charge in [-0.05, 0) is 12.1 Å². The summed E-state index contributed by atoms with van der Waals surface area (Å²) in [6.45, 7) is 3.79. The molecule has 1 aromatic heterocycles. The summed E-state index contributed by atoms with van der Waals surface area (Å²) in [6, 6.07) is 7.26. The second kappa shape index (κ2) is 7.41. The van der Waals surface area contributed by atoms with Crippen molar-refractivity contribution >= 4 is 34.1 Å². The molecule has 126 valence electrons. The zero-order valence-electron chi connectivity index (χ0n) is 13.2. The van der Waals surface area contributed by atoms with Crippen molar-refractivity contribution in [2.75, 3.05) is 36.9 Å². The highest BCUT2D eigenvalue weighted by Crippen LogP contribution is 2.26. The molecule has 0 unspecified atom stereocenters. The van der Waals surface area contributed by atoms with Crippen molar-refractivity contribution in [3.05, 3.63) is 29.6 Å². The molecule has 0 radical (unpaired) electrons. The predicted octanol–water partition coefficient (Wildman–Crippen LogP) is 2.63. The molecule has 1 fully saturated rings. The fraction of sp³-hybridized carbons (Fsp3) is 0.312. The summed E-state index contributed by atoms with van der Waals surface area (Å²) >= 11 is 1.38. The van der Waals surface area contributed by atoms with Crippen molar-refractivity contribution in [2.24, 2.45) is 0 Å². The number of thiazole rings is 1. The number of carbonyl (C=O) groups excluding carboxylic acids is 2. The zero-order valence-corrected chi connectivity index (χ0v) is 14.1. The lowest BCUT2D eigenvalue weighted by Crippen LogP contribution is -2.43. The molecule has 0 aliphatic carbocycles. The Morgan fingerprint density at radius 3 is 2.54 bits per heavy atom. The smallest absolute Gasteiger partial charge is 0.323 e. The number of morpholine rings is 1. The fourth-order valence-electron chi connectivity index (χ4n) is 2.33. The number of rotatable bonds is 3. The van der Waals surface area contributed by atoms with Crippen LogP contribution in [0.5, 0.6) is 0 Å². The van der Waals surface area contributed by atoms with E-state index in [1.807, 2.05) is 29.6 Å². The first-order valence-corrected chi connectivity index (χ1v) is 8.47. The van der Waals surface area contributed by atoms with Crippen LogP contribution in [0, 0.1) is 0 Å². The van der Waals surface area contributed by atoms with Crippen LogP contribution in [0.3, 0.4) is 0 Å². The average Bonchev–Trinajstić information content (AvgIpc) is 3.04. The Labute approximate surface area is 143 Å². The molecule has 0 atom stereocenters. The molecular weight excluding hydrogens is 328 g/mol. The summed E-state index contributed by atoms with van der Waals surface area (Å²) < 4.78 is 5.23. The molecule has 0 spiro atoms. The summed E-state index contributed by atoms with van der Waals surface area (Å²) in [5, 5.41) is 8.00. The van der Waals surface area contributed by atoms with Crippen LogP contribution >= 0.6 is 11.3 Å². The number of anilines is 2. The third-order valence-corrected chi connectivity index (χ3v) is 4.28. The highest BCUT2D eigenvalue weighted by Gasteiger charge is 2.18. The van der Waals surface area contributed by atoms with Crippen molar-refractivity contribution in [2.45, 2.75) is 6.92 Å². The highest BCUT2D eigenvalue weighted by molar-refractivity contribution is 7.14. The third kappa shape index (κ3) is 4.09. The number of ether oxygens (including phenoxy) is 1. The number of urea groups is 1. The van der Waals surface area contributed by atoms with Gasteiger partial charge in [-0.3, -0.25) is 10.1 Å². The summed E-state index contributed by atoms with van der Waals surface area (Å²) in [4.78, 5) is 29.3. The molecule has 8 heteroatoms. The van der Waals surface area contributed by atoms with Crippen molar-refractivity contribution in [1.82, 2.24) is 9.88 Å². The van der Waals surface area contributed by atoms with E-state index < -0.39 is 0 Å². The second-order valence-electron chi connectivity index (χ2n) is 5.33. The first-order valence-electron chi connectivity index (χ1n) is 7.59. The Hall–Kier alpha value is -2.45. The van der Waals surface area contributed by atoms with Crippen LogP contribution in [0.2, 0.25) is 0 Å². The second-order valence-corrected chi connectivity index (χ2v) is 6.18. The van der Waals surface area contributed by atoms with Gasteiger partial charge in [0.25, 0.3) is 0 Å². The van der Waals surface area contributed by atoms with Crippen LogP contribution in [0.4, 0.5) is 15.6 Å². The van der Waals surface area contributed by atoms with E-state index in [0.717, 1.165) is 16.9 Å². The third-order valence-electron chi connectivity index (χ3n) is 3.52. The molecule has 2 aromatic rings. The number of hydrogen-bond acceptors (Lipinski definition) is 5. The van der Waals surface area contributed by atoms with E-state index in [0.29, 0.717) is 31.4 Å². The molecule has 1 aliphatic rings. The molecular formula is C16H18N4O3S. The Kier molecular flexibility index (Phi) is 5.07. The normalized spacial score (nSPS) is 14.3. The summed E-state index contributed by atoms with van der Waals surface area (Å²) in [7, 11) is 0. The van der Waals surface area contributed by atoms with Gasteiger partial charge in [0.1, 0.15) is 0 Å². The number of nitrogens with one attached hydrogen (secondary N) is 2. The molecule has 1 aromatic carbocycles. The largest absolute Gasteiger partial charge is 0.378 e. The SMILES string of the molecule is CC(=O)Nc1ccc(-c2csc(NC(=O)N3CCOCC3)n2)cc1. The van der Waals surface area contributed by atoms with E-state index in [9.17, 15) is 9.59 Å². The van der Waals surface area contributed by atoms with E-state index >= 15 is 0 Å². The van der Waals surface area contributed by atoms with Gasteiger partial charge in [0.2, 0.25) is 5.91 Å². The van der Waals surface area contributed by atoms with Gasteiger partial charge in [0.05, 0.1) is 18.9 Å². The predicted molar refractivity (Wildman–Crippen MR) is 93.3 cm³/mol. The minimum absolute atomic E-state index is 0.107. The molecule has 3 rings (SSSR count). The monoisotopic (exact) mass is 346 g/mol.